The predicted octanol–water partition coefficient (Wildman–Crippen LogP) is 2.28. The van der Waals surface area contributed by atoms with Gasteiger partial charge in [0.25, 0.3) is 5.89 Å². The van der Waals surface area contributed by atoms with Crippen molar-refractivity contribution in [3.63, 3.8) is 0 Å². The summed E-state index contributed by atoms with van der Waals surface area (Å²) < 4.78 is 10.5. The molecule has 8 heteroatoms. The van der Waals surface area contributed by atoms with E-state index in [1.54, 1.807) is 5.51 Å². The number of aryl methyl sites for hydroxylation is 1. The molecule has 0 aromatic carbocycles. The molecule has 124 valence electrons. The lowest BCUT2D eigenvalue weighted by Crippen LogP contribution is -2.39. The van der Waals surface area contributed by atoms with Crippen molar-refractivity contribution < 1.29 is 14.1 Å². The van der Waals surface area contributed by atoms with Crippen LogP contribution in [0.5, 0.6) is 0 Å². The summed E-state index contributed by atoms with van der Waals surface area (Å²) in [5.74, 6) is 0.987. The van der Waals surface area contributed by atoms with Crippen LogP contribution < -0.4 is 0 Å². The van der Waals surface area contributed by atoms with Gasteiger partial charge in [-0.3, -0.25) is 9.69 Å². The summed E-state index contributed by atoms with van der Waals surface area (Å²) in [6.07, 6.45) is 1.86. The standard InChI is InChI=1S/C15H20N4O3S/c1-3-21-15(20)11-5-4-6-19(7-11)8-12-17-14(22-18-12)13-10(2)16-9-23-13/h9,11H,3-8H2,1-2H3/t11-/m1/s1. The van der Waals surface area contributed by atoms with Gasteiger partial charge in [0.1, 0.15) is 4.88 Å². The van der Waals surface area contributed by atoms with E-state index in [0.29, 0.717) is 31.4 Å². The van der Waals surface area contributed by atoms with Crippen molar-refractivity contribution in [2.45, 2.75) is 33.2 Å². The lowest BCUT2D eigenvalue weighted by atomic mass is 9.98. The third-order valence-corrected chi connectivity index (χ3v) is 4.81. The molecule has 0 saturated carbocycles. The van der Waals surface area contributed by atoms with Gasteiger partial charge in [-0.05, 0) is 33.2 Å². The smallest absolute Gasteiger partial charge is 0.310 e. The first-order valence-electron chi connectivity index (χ1n) is 7.79. The largest absolute Gasteiger partial charge is 0.466 e. The average molecular weight is 336 g/mol. The van der Waals surface area contributed by atoms with Crippen molar-refractivity contribution in [2.75, 3.05) is 19.7 Å². The van der Waals surface area contributed by atoms with E-state index in [4.69, 9.17) is 9.26 Å². The lowest BCUT2D eigenvalue weighted by molar-refractivity contribution is -0.150. The third kappa shape index (κ3) is 3.76. The van der Waals surface area contributed by atoms with Crippen molar-refractivity contribution in [2.24, 2.45) is 5.92 Å². The van der Waals surface area contributed by atoms with E-state index >= 15 is 0 Å². The Morgan fingerprint density at radius 2 is 2.43 bits per heavy atom. The molecule has 0 radical (unpaired) electrons. The van der Waals surface area contributed by atoms with Crippen LogP contribution in [-0.4, -0.2) is 45.7 Å². The number of piperidine rings is 1. The van der Waals surface area contributed by atoms with Crippen LogP contribution >= 0.6 is 11.3 Å². The molecule has 1 fully saturated rings. The minimum Gasteiger partial charge on any atom is -0.466 e. The van der Waals surface area contributed by atoms with E-state index in [-0.39, 0.29) is 11.9 Å². The quantitative estimate of drug-likeness (QED) is 0.775. The van der Waals surface area contributed by atoms with Crippen LogP contribution in [0.4, 0.5) is 0 Å². The maximum Gasteiger partial charge on any atom is 0.310 e. The fraction of sp³-hybridized carbons (Fsp3) is 0.600. The summed E-state index contributed by atoms with van der Waals surface area (Å²) in [5, 5.41) is 4.05. The van der Waals surface area contributed by atoms with Gasteiger partial charge >= 0.3 is 5.97 Å². The zero-order valence-corrected chi connectivity index (χ0v) is 14.1. The molecule has 0 N–H and O–H groups in total. The zero-order chi connectivity index (χ0) is 16.2. The van der Waals surface area contributed by atoms with Gasteiger partial charge in [-0.25, -0.2) is 4.98 Å². The number of hydrogen-bond acceptors (Lipinski definition) is 8. The number of likely N-dealkylation sites (tertiary alicyclic amines) is 1. The molecular formula is C15H20N4O3S. The summed E-state index contributed by atoms with van der Waals surface area (Å²) in [6.45, 7) is 6.38. The number of carbonyl (C=O) groups excluding carboxylic acids is 1. The minimum absolute atomic E-state index is 0.0567. The first-order valence-corrected chi connectivity index (χ1v) is 8.67. The summed E-state index contributed by atoms with van der Waals surface area (Å²) >= 11 is 1.49. The first-order chi connectivity index (χ1) is 11.2. The van der Waals surface area contributed by atoms with Crippen LogP contribution in [0.25, 0.3) is 10.8 Å². The Bertz CT molecular complexity index is 669. The van der Waals surface area contributed by atoms with E-state index in [0.717, 1.165) is 30.0 Å². The summed E-state index contributed by atoms with van der Waals surface area (Å²) in [4.78, 5) is 23.6. The summed E-state index contributed by atoms with van der Waals surface area (Å²) in [7, 11) is 0. The maximum absolute atomic E-state index is 11.9. The van der Waals surface area contributed by atoms with E-state index in [1.165, 1.54) is 11.3 Å². The Morgan fingerprint density at radius 3 is 3.17 bits per heavy atom. The number of aromatic nitrogens is 3. The normalized spacial score (nSPS) is 19.0. The number of rotatable bonds is 5. The van der Waals surface area contributed by atoms with Crippen molar-refractivity contribution in [1.29, 1.82) is 0 Å². The third-order valence-electron chi connectivity index (χ3n) is 3.90. The number of hydrogen-bond donors (Lipinski definition) is 0. The van der Waals surface area contributed by atoms with E-state index in [2.05, 4.69) is 20.0 Å². The van der Waals surface area contributed by atoms with Crippen molar-refractivity contribution in [3.8, 4) is 10.8 Å². The number of ether oxygens (including phenoxy) is 1. The summed E-state index contributed by atoms with van der Waals surface area (Å²) in [5.41, 5.74) is 2.66. The van der Waals surface area contributed by atoms with Crippen LogP contribution in [0.15, 0.2) is 10.0 Å². The van der Waals surface area contributed by atoms with Crippen LogP contribution in [0, 0.1) is 12.8 Å². The SMILES string of the molecule is CCOC(=O)[C@@H]1CCCN(Cc2noc(-c3scnc3C)n2)C1. The number of thiazole rings is 1. The maximum atomic E-state index is 11.9. The van der Waals surface area contributed by atoms with Gasteiger partial charge in [-0.15, -0.1) is 11.3 Å². The number of nitrogens with zero attached hydrogens (tertiary/aromatic N) is 4. The predicted molar refractivity (Wildman–Crippen MR) is 84.8 cm³/mol. The van der Waals surface area contributed by atoms with Gasteiger partial charge in [0.2, 0.25) is 0 Å². The van der Waals surface area contributed by atoms with Crippen molar-refractivity contribution in [1.82, 2.24) is 20.0 Å². The van der Waals surface area contributed by atoms with Crippen molar-refractivity contribution >= 4 is 17.3 Å². The molecule has 23 heavy (non-hydrogen) atoms. The van der Waals surface area contributed by atoms with Crippen LogP contribution in [0.3, 0.4) is 0 Å². The highest BCUT2D eigenvalue weighted by atomic mass is 32.1. The highest BCUT2D eigenvalue weighted by molar-refractivity contribution is 7.13. The molecule has 0 unspecified atom stereocenters. The molecule has 0 amide bonds. The Hall–Kier alpha value is -1.80. The van der Waals surface area contributed by atoms with Crippen LogP contribution in [0.1, 0.15) is 31.3 Å². The molecule has 0 spiro atoms. The molecule has 3 heterocycles. The molecule has 1 saturated heterocycles. The van der Waals surface area contributed by atoms with Crippen molar-refractivity contribution in [3.05, 3.63) is 17.0 Å². The lowest BCUT2D eigenvalue weighted by Gasteiger charge is -2.30. The second-order valence-corrected chi connectivity index (χ2v) is 6.46. The Kier molecular flexibility index (Phi) is 5.02. The molecule has 1 aliphatic rings. The fourth-order valence-electron chi connectivity index (χ4n) is 2.77. The molecule has 2 aromatic rings. The van der Waals surface area contributed by atoms with Gasteiger partial charge in [0.15, 0.2) is 5.82 Å². The van der Waals surface area contributed by atoms with Gasteiger partial charge in [0.05, 0.1) is 30.3 Å². The first kappa shape index (κ1) is 16.1. The van der Waals surface area contributed by atoms with E-state index < -0.39 is 0 Å². The molecule has 1 atom stereocenters. The van der Waals surface area contributed by atoms with E-state index in [1.807, 2.05) is 13.8 Å². The molecule has 0 aliphatic carbocycles. The molecule has 3 rings (SSSR count). The topological polar surface area (TPSA) is 81.4 Å². The summed E-state index contributed by atoms with van der Waals surface area (Å²) in [6, 6.07) is 0. The van der Waals surface area contributed by atoms with Crippen LogP contribution in [0.2, 0.25) is 0 Å². The molecule has 7 nitrogen and oxygen atoms in total. The van der Waals surface area contributed by atoms with Gasteiger partial charge in [-0.1, -0.05) is 5.16 Å². The Labute approximate surface area is 138 Å². The zero-order valence-electron chi connectivity index (χ0n) is 13.3. The van der Waals surface area contributed by atoms with E-state index in [9.17, 15) is 4.79 Å². The minimum atomic E-state index is -0.105. The molecular weight excluding hydrogens is 316 g/mol. The van der Waals surface area contributed by atoms with Crippen LogP contribution in [-0.2, 0) is 16.1 Å². The number of esters is 1. The monoisotopic (exact) mass is 336 g/mol. The molecule has 0 bridgehead atoms. The molecule has 1 aliphatic heterocycles. The highest BCUT2D eigenvalue weighted by Crippen LogP contribution is 2.26. The Balaban J connectivity index is 1.62. The molecule has 2 aromatic heterocycles. The van der Waals surface area contributed by atoms with Gasteiger partial charge in [-0.2, -0.15) is 4.98 Å². The highest BCUT2D eigenvalue weighted by Gasteiger charge is 2.27. The second kappa shape index (κ2) is 7.18. The average Bonchev–Trinajstić information content (AvgIpc) is 3.16. The van der Waals surface area contributed by atoms with Gasteiger partial charge in [0, 0.05) is 6.54 Å². The number of carbonyl (C=O) groups is 1. The second-order valence-electron chi connectivity index (χ2n) is 5.61. The fourth-order valence-corrected chi connectivity index (χ4v) is 3.49. The Morgan fingerprint density at radius 1 is 1.57 bits per heavy atom. The van der Waals surface area contributed by atoms with Gasteiger partial charge < -0.3 is 9.26 Å².